The molecule has 1 unspecified atom stereocenters. The highest BCUT2D eigenvalue weighted by Crippen LogP contribution is 2.30. The Kier molecular flexibility index (Phi) is 4.23. The van der Waals surface area contributed by atoms with Crippen molar-refractivity contribution in [3.8, 4) is 0 Å². The van der Waals surface area contributed by atoms with Gasteiger partial charge >= 0.3 is 5.97 Å². The van der Waals surface area contributed by atoms with Crippen LogP contribution < -0.4 is 5.32 Å². The second kappa shape index (κ2) is 6.29. The molecule has 1 atom stereocenters. The number of ether oxygens (including phenoxy) is 1. The first-order valence-electron chi connectivity index (χ1n) is 6.96. The van der Waals surface area contributed by atoms with Crippen LogP contribution in [0.4, 0.5) is 0 Å². The van der Waals surface area contributed by atoms with E-state index in [1.807, 2.05) is 42.5 Å². The minimum absolute atomic E-state index is 0.240. The van der Waals surface area contributed by atoms with Crippen LogP contribution in [0.2, 0.25) is 5.02 Å². The van der Waals surface area contributed by atoms with Crippen molar-refractivity contribution in [2.45, 2.75) is 6.10 Å². The lowest BCUT2D eigenvalue weighted by molar-refractivity contribution is 0.00393. The van der Waals surface area contributed by atoms with Gasteiger partial charge in [-0.25, -0.2) is 4.79 Å². The normalized spacial score (nSPS) is 16.0. The Balaban J connectivity index is 1.80. The minimum atomic E-state index is -0.289. The monoisotopic (exact) mass is 301 g/mol. The molecule has 2 aromatic carbocycles. The molecule has 1 N–H and O–H groups in total. The van der Waals surface area contributed by atoms with Crippen LogP contribution in [-0.4, -0.2) is 19.1 Å². The van der Waals surface area contributed by atoms with E-state index in [4.69, 9.17) is 16.3 Å². The smallest absolute Gasteiger partial charge is 0.338 e. The fourth-order valence-corrected chi connectivity index (χ4v) is 2.50. The molecule has 1 saturated heterocycles. The molecule has 2 aromatic rings. The van der Waals surface area contributed by atoms with Crippen LogP contribution in [0.25, 0.3) is 0 Å². The first-order chi connectivity index (χ1) is 10.2. The molecule has 3 rings (SSSR count). The van der Waals surface area contributed by atoms with Gasteiger partial charge in [-0.1, -0.05) is 41.9 Å². The van der Waals surface area contributed by atoms with Gasteiger partial charge in [0.25, 0.3) is 0 Å². The fourth-order valence-electron chi connectivity index (χ4n) is 2.37. The molecule has 1 heterocycles. The lowest BCUT2D eigenvalue weighted by Gasteiger charge is -2.34. The van der Waals surface area contributed by atoms with Crippen molar-refractivity contribution in [2.75, 3.05) is 13.1 Å². The van der Waals surface area contributed by atoms with Gasteiger partial charge < -0.3 is 10.1 Å². The molecule has 1 fully saturated rings. The van der Waals surface area contributed by atoms with Crippen molar-refractivity contribution in [2.24, 2.45) is 5.92 Å². The van der Waals surface area contributed by atoms with E-state index in [1.165, 1.54) is 0 Å². The Morgan fingerprint density at radius 3 is 2.33 bits per heavy atom. The van der Waals surface area contributed by atoms with Gasteiger partial charge in [0.2, 0.25) is 0 Å². The summed E-state index contributed by atoms with van der Waals surface area (Å²) in [5.41, 5.74) is 1.55. The third kappa shape index (κ3) is 3.26. The molecule has 0 spiro atoms. The van der Waals surface area contributed by atoms with E-state index in [-0.39, 0.29) is 12.1 Å². The molecular weight excluding hydrogens is 286 g/mol. The lowest BCUT2D eigenvalue weighted by atomic mass is 9.91. The number of carbonyl (C=O) groups is 1. The molecule has 0 bridgehead atoms. The summed E-state index contributed by atoms with van der Waals surface area (Å²) in [5, 5.41) is 3.90. The van der Waals surface area contributed by atoms with Crippen LogP contribution in [0, 0.1) is 5.92 Å². The van der Waals surface area contributed by atoms with Crippen molar-refractivity contribution in [1.82, 2.24) is 5.32 Å². The molecule has 4 heteroatoms. The summed E-state index contributed by atoms with van der Waals surface area (Å²) in [4.78, 5) is 12.3. The van der Waals surface area contributed by atoms with Gasteiger partial charge in [0, 0.05) is 24.0 Å². The molecule has 0 radical (unpaired) electrons. The van der Waals surface area contributed by atoms with Crippen LogP contribution in [0.5, 0.6) is 0 Å². The molecule has 0 aliphatic carbocycles. The van der Waals surface area contributed by atoms with E-state index in [0.717, 1.165) is 18.7 Å². The lowest BCUT2D eigenvalue weighted by Crippen LogP contribution is -2.46. The number of hydrogen-bond acceptors (Lipinski definition) is 3. The number of halogens is 1. The summed E-state index contributed by atoms with van der Waals surface area (Å²) in [6.07, 6.45) is -0.240. The highest BCUT2D eigenvalue weighted by atomic mass is 35.5. The molecular formula is C17H16ClNO2. The van der Waals surface area contributed by atoms with Gasteiger partial charge in [0.05, 0.1) is 5.56 Å². The van der Waals surface area contributed by atoms with Crippen molar-refractivity contribution in [1.29, 1.82) is 0 Å². The molecule has 0 aromatic heterocycles. The van der Waals surface area contributed by atoms with Crippen LogP contribution in [0.3, 0.4) is 0 Å². The van der Waals surface area contributed by atoms with Gasteiger partial charge in [-0.05, 0) is 29.8 Å². The largest absolute Gasteiger partial charge is 0.453 e. The van der Waals surface area contributed by atoms with Gasteiger partial charge in [-0.2, -0.15) is 0 Å². The Morgan fingerprint density at radius 1 is 1.10 bits per heavy atom. The second-order valence-electron chi connectivity index (χ2n) is 5.16. The maximum absolute atomic E-state index is 12.3. The molecule has 1 aliphatic rings. The summed E-state index contributed by atoms with van der Waals surface area (Å²) < 4.78 is 5.74. The predicted octanol–water partition coefficient (Wildman–Crippen LogP) is 3.46. The minimum Gasteiger partial charge on any atom is -0.453 e. The number of nitrogens with one attached hydrogen (secondary N) is 1. The first kappa shape index (κ1) is 14.1. The van der Waals surface area contributed by atoms with Crippen LogP contribution in [0.1, 0.15) is 22.0 Å². The number of hydrogen-bond donors (Lipinski definition) is 1. The van der Waals surface area contributed by atoms with E-state index in [1.54, 1.807) is 12.1 Å². The van der Waals surface area contributed by atoms with Gasteiger partial charge in [0.1, 0.15) is 6.10 Å². The average molecular weight is 302 g/mol. The molecule has 21 heavy (non-hydrogen) atoms. The molecule has 0 saturated carbocycles. The van der Waals surface area contributed by atoms with Crippen molar-refractivity contribution < 1.29 is 9.53 Å². The Labute approximate surface area is 128 Å². The number of benzene rings is 2. The predicted molar refractivity (Wildman–Crippen MR) is 82.4 cm³/mol. The summed E-state index contributed by atoms with van der Waals surface area (Å²) in [6.45, 7) is 1.71. The standard InChI is InChI=1S/C17H16ClNO2/c18-15-8-6-12(7-9-15)16(14-10-19-11-14)21-17(20)13-4-2-1-3-5-13/h1-9,14,16,19H,10-11H2. The SMILES string of the molecule is O=C(OC(c1ccc(Cl)cc1)C1CNC1)c1ccccc1. The first-order valence-corrected chi connectivity index (χ1v) is 7.34. The quantitative estimate of drug-likeness (QED) is 0.879. The van der Waals surface area contributed by atoms with Crippen molar-refractivity contribution >= 4 is 17.6 Å². The maximum atomic E-state index is 12.3. The Bertz CT molecular complexity index is 608. The molecule has 0 amide bonds. The second-order valence-corrected chi connectivity index (χ2v) is 5.60. The summed E-state index contributed by atoms with van der Waals surface area (Å²) >= 11 is 5.93. The Hall–Kier alpha value is -1.84. The van der Waals surface area contributed by atoms with Crippen LogP contribution >= 0.6 is 11.6 Å². The average Bonchev–Trinajstić information content (AvgIpc) is 2.46. The molecule has 3 nitrogen and oxygen atoms in total. The Morgan fingerprint density at radius 2 is 1.76 bits per heavy atom. The number of carbonyl (C=O) groups excluding carboxylic acids is 1. The van der Waals surface area contributed by atoms with Gasteiger partial charge in [0.15, 0.2) is 0 Å². The van der Waals surface area contributed by atoms with Gasteiger partial charge in [-0.3, -0.25) is 0 Å². The highest BCUT2D eigenvalue weighted by molar-refractivity contribution is 6.30. The third-order valence-electron chi connectivity index (χ3n) is 3.68. The summed E-state index contributed by atoms with van der Waals surface area (Å²) in [7, 11) is 0. The fraction of sp³-hybridized carbons (Fsp3) is 0.235. The third-order valence-corrected chi connectivity index (χ3v) is 3.94. The number of esters is 1. The molecule has 108 valence electrons. The number of rotatable bonds is 4. The summed E-state index contributed by atoms with van der Waals surface area (Å²) in [6, 6.07) is 16.6. The van der Waals surface area contributed by atoms with Crippen LogP contribution in [0.15, 0.2) is 54.6 Å². The van der Waals surface area contributed by atoms with Crippen LogP contribution in [-0.2, 0) is 4.74 Å². The molecule has 1 aliphatic heterocycles. The van der Waals surface area contributed by atoms with Crippen molar-refractivity contribution in [3.05, 3.63) is 70.7 Å². The van der Waals surface area contributed by atoms with Gasteiger partial charge in [-0.15, -0.1) is 0 Å². The highest BCUT2D eigenvalue weighted by Gasteiger charge is 2.31. The van der Waals surface area contributed by atoms with E-state index < -0.39 is 0 Å². The maximum Gasteiger partial charge on any atom is 0.338 e. The topological polar surface area (TPSA) is 38.3 Å². The summed E-state index contributed by atoms with van der Waals surface area (Å²) in [5.74, 6) is 0.0151. The zero-order chi connectivity index (χ0) is 14.7. The van der Waals surface area contributed by atoms with E-state index in [9.17, 15) is 4.79 Å². The van der Waals surface area contributed by atoms with E-state index in [2.05, 4.69) is 5.32 Å². The van der Waals surface area contributed by atoms with E-state index >= 15 is 0 Å². The van der Waals surface area contributed by atoms with Crippen molar-refractivity contribution in [3.63, 3.8) is 0 Å². The van der Waals surface area contributed by atoms with E-state index in [0.29, 0.717) is 16.5 Å². The zero-order valence-electron chi connectivity index (χ0n) is 11.5. The zero-order valence-corrected chi connectivity index (χ0v) is 12.2.